The fourth-order valence-electron chi connectivity index (χ4n) is 1.91. The third kappa shape index (κ3) is 3.88. The van der Waals surface area contributed by atoms with Gasteiger partial charge in [-0.3, -0.25) is 4.79 Å². The summed E-state index contributed by atoms with van der Waals surface area (Å²) in [4.78, 5) is 12.4. The molecule has 0 saturated heterocycles. The summed E-state index contributed by atoms with van der Waals surface area (Å²) in [6, 6.07) is 12.8. The van der Waals surface area contributed by atoms with Crippen LogP contribution in [0.1, 0.15) is 10.4 Å². The largest absolute Gasteiger partial charge is 0.497 e. The van der Waals surface area contributed by atoms with Crippen LogP contribution in [0.25, 0.3) is 0 Å². The van der Waals surface area contributed by atoms with Gasteiger partial charge in [0.05, 0.1) is 12.0 Å². The van der Waals surface area contributed by atoms with Gasteiger partial charge in [0, 0.05) is 25.3 Å². The van der Waals surface area contributed by atoms with Gasteiger partial charge in [-0.2, -0.15) is 0 Å². The zero-order valence-corrected chi connectivity index (χ0v) is 13.9. The van der Waals surface area contributed by atoms with E-state index in [-0.39, 0.29) is 10.8 Å². The van der Waals surface area contributed by atoms with Crippen molar-refractivity contribution >= 4 is 21.6 Å². The maximum Gasteiger partial charge on any atom is 0.255 e. The number of sulfonamides is 1. The average Bonchev–Trinajstić information content (AvgIpc) is 2.55. The lowest BCUT2D eigenvalue weighted by molar-refractivity contribution is 0.102. The summed E-state index contributed by atoms with van der Waals surface area (Å²) in [5.41, 5.74) is 0.825. The predicted octanol–water partition coefficient (Wildman–Crippen LogP) is 2.20. The van der Waals surface area contributed by atoms with Crippen molar-refractivity contribution in [1.82, 2.24) is 4.31 Å². The minimum absolute atomic E-state index is 0.117. The van der Waals surface area contributed by atoms with Crippen molar-refractivity contribution in [3.05, 3.63) is 54.1 Å². The van der Waals surface area contributed by atoms with Crippen molar-refractivity contribution in [2.45, 2.75) is 4.90 Å². The van der Waals surface area contributed by atoms with Crippen LogP contribution in [0.3, 0.4) is 0 Å². The van der Waals surface area contributed by atoms with Crippen molar-refractivity contribution in [2.24, 2.45) is 0 Å². The number of rotatable bonds is 5. The third-order valence-corrected chi connectivity index (χ3v) is 5.01. The Labute approximate surface area is 135 Å². The highest BCUT2D eigenvalue weighted by Crippen LogP contribution is 2.19. The number of ether oxygens (including phenoxy) is 1. The summed E-state index contributed by atoms with van der Waals surface area (Å²) in [7, 11) is 0.882. The standard InChI is InChI=1S/C16H18N2O4S/c1-18(2)23(20,21)15-9-5-7-13(11-15)17-16(19)12-6-4-8-14(10-12)22-3/h4-11H,1-3H3,(H,17,19). The molecule has 0 aliphatic rings. The minimum Gasteiger partial charge on any atom is -0.497 e. The van der Waals surface area contributed by atoms with E-state index >= 15 is 0 Å². The molecule has 0 unspecified atom stereocenters. The van der Waals surface area contributed by atoms with E-state index in [1.54, 1.807) is 36.4 Å². The Morgan fingerprint density at radius 3 is 2.43 bits per heavy atom. The number of benzene rings is 2. The third-order valence-electron chi connectivity index (χ3n) is 3.20. The molecule has 0 spiro atoms. The van der Waals surface area contributed by atoms with Gasteiger partial charge in [-0.15, -0.1) is 0 Å². The van der Waals surface area contributed by atoms with Gasteiger partial charge in [0.25, 0.3) is 5.91 Å². The van der Waals surface area contributed by atoms with E-state index in [9.17, 15) is 13.2 Å². The molecule has 23 heavy (non-hydrogen) atoms. The van der Waals surface area contributed by atoms with Gasteiger partial charge in [0.2, 0.25) is 10.0 Å². The molecule has 0 aliphatic heterocycles. The number of nitrogens with zero attached hydrogens (tertiary/aromatic N) is 1. The number of methoxy groups -OCH3 is 1. The predicted molar refractivity (Wildman–Crippen MR) is 88.3 cm³/mol. The number of carbonyl (C=O) groups excluding carboxylic acids is 1. The molecule has 0 fully saturated rings. The van der Waals surface area contributed by atoms with E-state index in [0.717, 1.165) is 4.31 Å². The van der Waals surface area contributed by atoms with Crippen LogP contribution in [-0.2, 0) is 10.0 Å². The number of hydrogen-bond acceptors (Lipinski definition) is 4. The van der Waals surface area contributed by atoms with Crippen LogP contribution in [-0.4, -0.2) is 39.8 Å². The summed E-state index contributed by atoms with van der Waals surface area (Å²) in [6.07, 6.45) is 0. The maximum absolute atomic E-state index is 12.3. The van der Waals surface area contributed by atoms with E-state index in [4.69, 9.17) is 4.74 Å². The van der Waals surface area contributed by atoms with Crippen LogP contribution in [0.2, 0.25) is 0 Å². The zero-order chi connectivity index (χ0) is 17.0. The van der Waals surface area contributed by atoms with Crippen LogP contribution >= 0.6 is 0 Å². The van der Waals surface area contributed by atoms with E-state index in [1.165, 1.54) is 33.3 Å². The Hall–Kier alpha value is -2.38. The van der Waals surface area contributed by atoms with Crippen molar-refractivity contribution in [2.75, 3.05) is 26.5 Å². The highest BCUT2D eigenvalue weighted by molar-refractivity contribution is 7.89. The van der Waals surface area contributed by atoms with Crippen LogP contribution in [0.4, 0.5) is 5.69 Å². The SMILES string of the molecule is COc1cccc(C(=O)Nc2cccc(S(=O)(=O)N(C)C)c2)c1. The van der Waals surface area contributed by atoms with Gasteiger partial charge in [-0.05, 0) is 36.4 Å². The summed E-state index contributed by atoms with van der Waals surface area (Å²) in [5, 5.41) is 2.68. The highest BCUT2D eigenvalue weighted by atomic mass is 32.2. The minimum atomic E-state index is -3.55. The monoisotopic (exact) mass is 334 g/mol. The first-order valence-corrected chi connectivity index (χ1v) is 8.26. The molecule has 0 aromatic heterocycles. The van der Waals surface area contributed by atoms with Crippen molar-refractivity contribution in [3.8, 4) is 5.75 Å². The van der Waals surface area contributed by atoms with Gasteiger partial charge in [0.1, 0.15) is 5.75 Å². The van der Waals surface area contributed by atoms with E-state index < -0.39 is 10.0 Å². The molecule has 0 bridgehead atoms. The van der Waals surface area contributed by atoms with Gasteiger partial charge in [-0.25, -0.2) is 12.7 Å². The zero-order valence-electron chi connectivity index (χ0n) is 13.1. The van der Waals surface area contributed by atoms with E-state index in [1.807, 2.05) is 0 Å². The van der Waals surface area contributed by atoms with Gasteiger partial charge >= 0.3 is 0 Å². The molecule has 1 amide bonds. The molecular formula is C16H18N2O4S. The second kappa shape index (κ2) is 6.80. The van der Waals surface area contributed by atoms with Gasteiger partial charge in [-0.1, -0.05) is 12.1 Å². The molecular weight excluding hydrogens is 316 g/mol. The van der Waals surface area contributed by atoms with Crippen molar-refractivity contribution < 1.29 is 17.9 Å². The molecule has 122 valence electrons. The fourth-order valence-corrected chi connectivity index (χ4v) is 2.86. The summed E-state index contributed by atoms with van der Waals surface area (Å²) in [6.45, 7) is 0. The second-order valence-electron chi connectivity index (χ2n) is 5.00. The number of amides is 1. The molecule has 2 rings (SSSR count). The summed E-state index contributed by atoms with van der Waals surface area (Å²) < 4.78 is 30.4. The number of anilines is 1. The molecule has 2 aromatic rings. The van der Waals surface area contributed by atoms with Crippen LogP contribution in [0.15, 0.2) is 53.4 Å². The van der Waals surface area contributed by atoms with Crippen molar-refractivity contribution in [3.63, 3.8) is 0 Å². The maximum atomic E-state index is 12.3. The first-order valence-electron chi connectivity index (χ1n) is 6.82. The number of carbonyl (C=O) groups is 1. The fraction of sp³-hybridized carbons (Fsp3) is 0.188. The molecule has 0 aliphatic carbocycles. The van der Waals surface area contributed by atoms with Gasteiger partial charge < -0.3 is 10.1 Å². The molecule has 0 atom stereocenters. The van der Waals surface area contributed by atoms with Crippen molar-refractivity contribution in [1.29, 1.82) is 0 Å². The topological polar surface area (TPSA) is 75.7 Å². The molecule has 7 heteroatoms. The van der Waals surface area contributed by atoms with Crippen LogP contribution in [0.5, 0.6) is 5.75 Å². The van der Waals surface area contributed by atoms with Crippen LogP contribution < -0.4 is 10.1 Å². The van der Waals surface area contributed by atoms with Gasteiger partial charge in [0.15, 0.2) is 0 Å². The molecule has 0 radical (unpaired) electrons. The van der Waals surface area contributed by atoms with E-state index in [0.29, 0.717) is 17.0 Å². The summed E-state index contributed by atoms with van der Waals surface area (Å²) in [5.74, 6) is 0.227. The van der Waals surface area contributed by atoms with E-state index in [2.05, 4.69) is 5.32 Å². The Morgan fingerprint density at radius 2 is 1.78 bits per heavy atom. The molecule has 6 nitrogen and oxygen atoms in total. The molecule has 2 aromatic carbocycles. The van der Waals surface area contributed by atoms with Crippen LogP contribution in [0, 0.1) is 0 Å². The quantitative estimate of drug-likeness (QED) is 0.909. The smallest absolute Gasteiger partial charge is 0.255 e. The Balaban J connectivity index is 2.25. The lowest BCUT2D eigenvalue weighted by Crippen LogP contribution is -2.22. The molecule has 1 N–H and O–H groups in total. The Bertz CT molecular complexity index is 816. The second-order valence-corrected chi connectivity index (χ2v) is 7.15. The normalized spacial score (nSPS) is 11.3. The highest BCUT2D eigenvalue weighted by Gasteiger charge is 2.17. The number of hydrogen-bond donors (Lipinski definition) is 1. The Morgan fingerprint density at radius 1 is 1.09 bits per heavy atom. The Kier molecular flexibility index (Phi) is 5.02. The average molecular weight is 334 g/mol. The molecule has 0 saturated carbocycles. The molecule has 0 heterocycles. The lowest BCUT2D eigenvalue weighted by Gasteiger charge is -2.13. The first-order chi connectivity index (χ1) is 10.8. The lowest BCUT2D eigenvalue weighted by atomic mass is 10.2. The summed E-state index contributed by atoms with van der Waals surface area (Å²) >= 11 is 0. The first kappa shape index (κ1) is 17.0. The number of nitrogens with one attached hydrogen (secondary N) is 1.